The number of nitrogens with one attached hydrogen (secondary N) is 1. The van der Waals surface area contributed by atoms with Crippen LogP contribution in [0, 0.1) is 0 Å². The Morgan fingerprint density at radius 2 is 2.24 bits per heavy atom. The highest BCUT2D eigenvalue weighted by atomic mass is 16.5. The van der Waals surface area contributed by atoms with Crippen molar-refractivity contribution in [3.05, 3.63) is 47.4 Å². The number of benzene rings is 1. The van der Waals surface area contributed by atoms with Crippen LogP contribution in [0.1, 0.15) is 42.6 Å². The summed E-state index contributed by atoms with van der Waals surface area (Å²) >= 11 is 0. The summed E-state index contributed by atoms with van der Waals surface area (Å²) in [7, 11) is 1.86. The van der Waals surface area contributed by atoms with Gasteiger partial charge in [-0.1, -0.05) is 6.07 Å². The Bertz CT molecular complexity index is 708. The Hall–Kier alpha value is -2.18. The molecule has 1 saturated heterocycles. The topological polar surface area (TPSA) is 70.5 Å². The molecule has 1 fully saturated rings. The van der Waals surface area contributed by atoms with Crippen molar-refractivity contribution < 1.29 is 9.84 Å². The molecule has 2 heterocycles. The lowest BCUT2D eigenvalue weighted by Crippen LogP contribution is -2.24. The zero-order valence-electron chi connectivity index (χ0n) is 14.9. The van der Waals surface area contributed by atoms with Crippen LogP contribution in [0.25, 0.3) is 0 Å². The second kappa shape index (κ2) is 8.27. The molecule has 6 nitrogen and oxygen atoms in total. The molecule has 1 aromatic heterocycles. The predicted molar refractivity (Wildman–Crippen MR) is 97.5 cm³/mol. The molecule has 0 bridgehead atoms. The number of aliphatic hydroxyl groups is 1. The van der Waals surface area contributed by atoms with Crippen LogP contribution in [0.3, 0.4) is 0 Å². The van der Waals surface area contributed by atoms with E-state index >= 15 is 0 Å². The summed E-state index contributed by atoms with van der Waals surface area (Å²) in [4.78, 5) is 11.4. The highest BCUT2D eigenvalue weighted by molar-refractivity contribution is 5.37. The molecule has 1 aromatic carbocycles. The van der Waals surface area contributed by atoms with Crippen LogP contribution in [-0.2, 0) is 13.2 Å². The van der Waals surface area contributed by atoms with Crippen LogP contribution < -0.4 is 10.1 Å². The van der Waals surface area contributed by atoms with Gasteiger partial charge in [0.2, 0.25) is 0 Å². The van der Waals surface area contributed by atoms with Crippen LogP contribution in [0.4, 0.5) is 5.82 Å². The fraction of sp³-hybridized carbons (Fsp3) is 0.474. The number of anilines is 1. The van der Waals surface area contributed by atoms with Gasteiger partial charge in [-0.05, 0) is 44.0 Å². The standard InChI is InChI=1S/C19H26N4O2/c1-3-25-18-7-6-14(9-15(18)13-24)12-23-8-4-5-17(23)16-10-21-11-19(20-2)22-16/h6-7,9-11,17,24H,3-5,8,12-13H2,1-2H3,(H,20,22)/t17-/m1/s1. The van der Waals surface area contributed by atoms with E-state index in [4.69, 9.17) is 4.74 Å². The van der Waals surface area contributed by atoms with Crippen LogP contribution in [-0.4, -0.2) is 40.2 Å². The van der Waals surface area contributed by atoms with E-state index in [9.17, 15) is 5.11 Å². The van der Waals surface area contributed by atoms with Crippen LogP contribution in [0.15, 0.2) is 30.6 Å². The van der Waals surface area contributed by atoms with Crippen LogP contribution >= 0.6 is 0 Å². The maximum Gasteiger partial charge on any atom is 0.144 e. The minimum atomic E-state index is -0.0116. The quantitative estimate of drug-likeness (QED) is 0.806. The van der Waals surface area contributed by atoms with Gasteiger partial charge in [-0.15, -0.1) is 0 Å². The molecule has 25 heavy (non-hydrogen) atoms. The van der Waals surface area contributed by atoms with Gasteiger partial charge >= 0.3 is 0 Å². The van der Waals surface area contributed by atoms with E-state index in [0.29, 0.717) is 6.61 Å². The normalized spacial score (nSPS) is 17.6. The van der Waals surface area contributed by atoms with Crippen molar-refractivity contribution in [3.63, 3.8) is 0 Å². The molecule has 0 unspecified atom stereocenters. The first-order valence-corrected chi connectivity index (χ1v) is 8.84. The number of aromatic nitrogens is 2. The van der Waals surface area contributed by atoms with E-state index in [0.717, 1.165) is 48.8 Å². The maximum atomic E-state index is 9.60. The Kier molecular flexibility index (Phi) is 5.83. The smallest absolute Gasteiger partial charge is 0.144 e. The number of rotatable bonds is 7. The molecule has 134 valence electrons. The SMILES string of the molecule is CCOc1ccc(CN2CCC[C@@H]2c2cncc(NC)n2)cc1CO. The Morgan fingerprint density at radius 3 is 3.00 bits per heavy atom. The molecule has 0 aliphatic carbocycles. The number of likely N-dealkylation sites (tertiary alicyclic amines) is 1. The van der Waals surface area contributed by atoms with Crippen molar-refractivity contribution in [3.8, 4) is 5.75 Å². The first-order chi connectivity index (χ1) is 12.2. The average Bonchev–Trinajstić information content (AvgIpc) is 3.11. The zero-order valence-corrected chi connectivity index (χ0v) is 14.9. The molecule has 0 radical (unpaired) electrons. The Labute approximate surface area is 148 Å². The molecular weight excluding hydrogens is 316 g/mol. The molecule has 0 amide bonds. The largest absolute Gasteiger partial charge is 0.494 e. The fourth-order valence-electron chi connectivity index (χ4n) is 3.40. The minimum Gasteiger partial charge on any atom is -0.494 e. The van der Waals surface area contributed by atoms with Gasteiger partial charge in [0.25, 0.3) is 0 Å². The van der Waals surface area contributed by atoms with Gasteiger partial charge < -0.3 is 15.2 Å². The summed E-state index contributed by atoms with van der Waals surface area (Å²) in [6.07, 6.45) is 5.84. The van der Waals surface area contributed by atoms with Crippen molar-refractivity contribution in [1.29, 1.82) is 0 Å². The van der Waals surface area contributed by atoms with Crippen LogP contribution in [0.5, 0.6) is 5.75 Å². The molecule has 0 saturated carbocycles. The van der Waals surface area contributed by atoms with Gasteiger partial charge in [-0.25, -0.2) is 4.98 Å². The van der Waals surface area contributed by atoms with Gasteiger partial charge in [-0.3, -0.25) is 9.88 Å². The van der Waals surface area contributed by atoms with Gasteiger partial charge in [0, 0.05) is 19.2 Å². The molecule has 1 aliphatic heterocycles. The van der Waals surface area contributed by atoms with Gasteiger partial charge in [-0.2, -0.15) is 0 Å². The summed E-state index contributed by atoms with van der Waals surface area (Å²) in [6, 6.07) is 6.35. The summed E-state index contributed by atoms with van der Waals surface area (Å²) in [5, 5.41) is 12.7. The van der Waals surface area contributed by atoms with E-state index in [1.807, 2.05) is 32.3 Å². The van der Waals surface area contributed by atoms with Crippen molar-refractivity contribution in [1.82, 2.24) is 14.9 Å². The molecule has 0 spiro atoms. The summed E-state index contributed by atoms with van der Waals surface area (Å²) in [5.41, 5.74) is 3.03. The third kappa shape index (κ3) is 4.08. The lowest BCUT2D eigenvalue weighted by atomic mass is 10.1. The summed E-state index contributed by atoms with van der Waals surface area (Å²) < 4.78 is 5.57. The lowest BCUT2D eigenvalue weighted by Gasteiger charge is -2.24. The van der Waals surface area contributed by atoms with Crippen molar-refractivity contribution in [2.45, 2.75) is 39.0 Å². The third-order valence-electron chi connectivity index (χ3n) is 4.60. The summed E-state index contributed by atoms with van der Waals surface area (Å²) in [5.74, 6) is 1.56. The Morgan fingerprint density at radius 1 is 1.36 bits per heavy atom. The van der Waals surface area contributed by atoms with Crippen molar-refractivity contribution in [2.75, 3.05) is 25.5 Å². The molecule has 2 N–H and O–H groups in total. The maximum absolute atomic E-state index is 9.60. The molecule has 1 atom stereocenters. The van der Waals surface area contributed by atoms with E-state index in [1.165, 1.54) is 5.56 Å². The van der Waals surface area contributed by atoms with E-state index in [-0.39, 0.29) is 12.6 Å². The summed E-state index contributed by atoms with van der Waals surface area (Å²) in [6.45, 7) is 4.40. The van der Waals surface area contributed by atoms with Crippen molar-refractivity contribution >= 4 is 5.82 Å². The van der Waals surface area contributed by atoms with E-state index in [2.05, 4.69) is 26.3 Å². The van der Waals surface area contributed by atoms with Crippen molar-refractivity contribution in [2.24, 2.45) is 0 Å². The predicted octanol–water partition coefficient (Wildman–Crippen LogP) is 2.75. The highest BCUT2D eigenvalue weighted by Gasteiger charge is 2.27. The molecular formula is C19H26N4O2. The van der Waals surface area contributed by atoms with E-state index in [1.54, 1.807) is 6.20 Å². The van der Waals surface area contributed by atoms with Gasteiger partial charge in [0.05, 0.1) is 37.3 Å². The minimum absolute atomic E-state index is 0.0116. The fourth-order valence-corrected chi connectivity index (χ4v) is 3.40. The monoisotopic (exact) mass is 342 g/mol. The number of nitrogens with zero attached hydrogens (tertiary/aromatic N) is 3. The lowest BCUT2D eigenvalue weighted by molar-refractivity contribution is 0.242. The van der Waals surface area contributed by atoms with E-state index < -0.39 is 0 Å². The molecule has 3 rings (SSSR count). The number of hydrogen-bond acceptors (Lipinski definition) is 6. The average molecular weight is 342 g/mol. The molecule has 2 aromatic rings. The number of ether oxygens (including phenoxy) is 1. The second-order valence-electron chi connectivity index (χ2n) is 6.24. The second-order valence-corrected chi connectivity index (χ2v) is 6.24. The zero-order chi connectivity index (χ0) is 17.6. The molecule has 1 aliphatic rings. The van der Waals surface area contributed by atoms with Crippen LogP contribution in [0.2, 0.25) is 0 Å². The molecule has 6 heteroatoms. The first-order valence-electron chi connectivity index (χ1n) is 8.84. The highest BCUT2D eigenvalue weighted by Crippen LogP contribution is 2.33. The van der Waals surface area contributed by atoms with Gasteiger partial charge in [0.1, 0.15) is 11.6 Å². The number of aliphatic hydroxyl groups excluding tert-OH is 1. The Balaban J connectivity index is 1.77. The number of hydrogen-bond donors (Lipinski definition) is 2. The first kappa shape index (κ1) is 17.6. The van der Waals surface area contributed by atoms with Gasteiger partial charge in [0.15, 0.2) is 0 Å². The third-order valence-corrected chi connectivity index (χ3v) is 4.60.